The molecular weight excluding hydrogens is 352 g/mol. The summed E-state index contributed by atoms with van der Waals surface area (Å²) in [6.07, 6.45) is 1.55. The average Bonchev–Trinajstić information content (AvgIpc) is 3.08. The van der Waals surface area contributed by atoms with Gasteiger partial charge in [0.05, 0.1) is 11.3 Å². The third kappa shape index (κ3) is 2.98. The molecule has 0 spiro atoms. The van der Waals surface area contributed by atoms with Gasteiger partial charge in [0, 0.05) is 18.1 Å². The number of primary sulfonamides is 1. The molecule has 2 heterocycles. The number of sulfonamides is 1. The smallest absolute Gasteiger partial charge is 0.257 e. The number of nitrogens with two attached hydrogens (primary N) is 1. The van der Waals surface area contributed by atoms with Crippen LogP contribution in [0.4, 0.5) is 11.5 Å². The lowest BCUT2D eigenvalue weighted by atomic mass is 10.1. The molecule has 9 heteroatoms. The predicted molar refractivity (Wildman–Crippen MR) is 99.6 cm³/mol. The molecule has 0 aliphatic carbocycles. The maximum atomic E-state index is 11.4. The summed E-state index contributed by atoms with van der Waals surface area (Å²) >= 11 is 0. The molecule has 0 atom stereocenters. The molecule has 0 amide bonds. The van der Waals surface area contributed by atoms with E-state index >= 15 is 0 Å². The van der Waals surface area contributed by atoms with E-state index in [1.165, 1.54) is 0 Å². The van der Waals surface area contributed by atoms with E-state index in [2.05, 4.69) is 15.2 Å². The molecule has 2 N–H and O–H groups in total. The van der Waals surface area contributed by atoms with E-state index in [9.17, 15) is 8.42 Å². The minimum Gasteiger partial charge on any atom is -0.329 e. The van der Waals surface area contributed by atoms with Gasteiger partial charge >= 0.3 is 0 Å². The molecule has 2 aromatic heterocycles. The van der Waals surface area contributed by atoms with Crippen LogP contribution in [0.25, 0.3) is 16.7 Å². The maximum absolute atomic E-state index is 11.4. The van der Waals surface area contributed by atoms with Crippen molar-refractivity contribution in [3.63, 3.8) is 0 Å². The van der Waals surface area contributed by atoms with E-state index < -0.39 is 10.0 Å². The van der Waals surface area contributed by atoms with Gasteiger partial charge in [-0.1, -0.05) is 24.3 Å². The van der Waals surface area contributed by atoms with E-state index in [1.807, 2.05) is 48.3 Å². The summed E-state index contributed by atoms with van der Waals surface area (Å²) in [6, 6.07) is 15.2. The summed E-state index contributed by atoms with van der Waals surface area (Å²) < 4.78 is 24.6. The Hall–Kier alpha value is -3.04. The zero-order chi connectivity index (χ0) is 18.3. The van der Waals surface area contributed by atoms with Gasteiger partial charge in [0.25, 0.3) is 5.78 Å². The normalized spacial score (nSPS) is 11.9. The van der Waals surface area contributed by atoms with Gasteiger partial charge in [-0.2, -0.15) is 4.98 Å². The van der Waals surface area contributed by atoms with E-state index in [-0.39, 0.29) is 5.75 Å². The topological polar surface area (TPSA) is 106 Å². The van der Waals surface area contributed by atoms with Gasteiger partial charge in [0.1, 0.15) is 12.1 Å². The van der Waals surface area contributed by atoms with Gasteiger partial charge in [-0.15, -0.1) is 10.2 Å². The number of aromatic nitrogens is 4. The Morgan fingerprint density at radius 3 is 2.65 bits per heavy atom. The maximum Gasteiger partial charge on any atom is 0.257 e. The molecule has 132 valence electrons. The average molecular weight is 368 g/mol. The van der Waals surface area contributed by atoms with Gasteiger partial charge in [-0.25, -0.2) is 13.6 Å². The minimum absolute atomic E-state index is 0.237. The number of rotatable bonds is 4. The van der Waals surface area contributed by atoms with Crippen LogP contribution in [-0.4, -0.2) is 35.0 Å². The summed E-state index contributed by atoms with van der Waals surface area (Å²) in [5.41, 5.74) is 2.33. The lowest BCUT2D eigenvalue weighted by Crippen LogP contribution is -2.15. The zero-order valence-electron chi connectivity index (χ0n) is 13.9. The third-order valence-electron chi connectivity index (χ3n) is 4.13. The van der Waals surface area contributed by atoms with Crippen LogP contribution < -0.4 is 10.0 Å². The van der Waals surface area contributed by atoms with Crippen molar-refractivity contribution < 1.29 is 8.42 Å². The fourth-order valence-electron chi connectivity index (χ4n) is 2.95. The number of hydrogen-bond donors (Lipinski definition) is 1. The Labute approximate surface area is 150 Å². The molecule has 26 heavy (non-hydrogen) atoms. The van der Waals surface area contributed by atoms with Gasteiger partial charge in [-0.05, 0) is 29.8 Å². The van der Waals surface area contributed by atoms with Crippen molar-refractivity contribution in [3.8, 4) is 0 Å². The number of benzene rings is 2. The van der Waals surface area contributed by atoms with Crippen molar-refractivity contribution >= 4 is 38.2 Å². The first-order valence-corrected chi connectivity index (χ1v) is 9.55. The highest BCUT2D eigenvalue weighted by Crippen LogP contribution is 2.30. The molecular formula is C17H16N6O2S. The van der Waals surface area contributed by atoms with Crippen LogP contribution >= 0.6 is 0 Å². The Balaban J connectivity index is 1.95. The Morgan fingerprint density at radius 1 is 1.15 bits per heavy atom. The molecule has 0 fully saturated rings. The molecule has 0 saturated carbocycles. The molecule has 8 nitrogen and oxygen atoms in total. The van der Waals surface area contributed by atoms with Crippen LogP contribution in [0.1, 0.15) is 5.56 Å². The molecule has 4 rings (SSSR count). The van der Waals surface area contributed by atoms with Gasteiger partial charge in [0.2, 0.25) is 10.0 Å². The first-order valence-electron chi connectivity index (χ1n) is 7.84. The minimum atomic E-state index is -3.62. The number of hydrogen-bond acceptors (Lipinski definition) is 6. The summed E-state index contributed by atoms with van der Waals surface area (Å²) in [4.78, 5) is 6.57. The first kappa shape index (κ1) is 16.4. The van der Waals surface area contributed by atoms with E-state index in [1.54, 1.807) is 22.9 Å². The van der Waals surface area contributed by atoms with Crippen molar-refractivity contribution in [1.82, 2.24) is 19.6 Å². The van der Waals surface area contributed by atoms with E-state index in [4.69, 9.17) is 5.14 Å². The number of anilines is 2. The van der Waals surface area contributed by atoms with Gasteiger partial charge in [0.15, 0.2) is 0 Å². The van der Waals surface area contributed by atoms with Crippen LogP contribution in [0.3, 0.4) is 0 Å². The summed E-state index contributed by atoms with van der Waals surface area (Å²) in [5.74, 6) is 0.899. The van der Waals surface area contributed by atoms with Crippen molar-refractivity contribution in [1.29, 1.82) is 0 Å². The monoisotopic (exact) mass is 368 g/mol. The van der Waals surface area contributed by atoms with Crippen molar-refractivity contribution in [3.05, 3.63) is 60.4 Å². The van der Waals surface area contributed by atoms with E-state index in [0.717, 1.165) is 16.6 Å². The lowest BCUT2D eigenvalue weighted by Gasteiger charge is -2.20. The number of nitrogens with zero attached hydrogens (tertiary/aromatic N) is 5. The summed E-state index contributed by atoms with van der Waals surface area (Å²) in [5, 5.41) is 14.0. The highest BCUT2D eigenvalue weighted by molar-refractivity contribution is 7.88. The highest BCUT2D eigenvalue weighted by Gasteiger charge is 2.16. The molecule has 0 aliphatic heterocycles. The van der Waals surface area contributed by atoms with Crippen molar-refractivity contribution in [2.75, 3.05) is 11.9 Å². The SMILES string of the molecule is CN(c1ccccc1)c1nc2nncn2c2cc(CS(N)(=O)=O)ccc12. The zero-order valence-corrected chi connectivity index (χ0v) is 14.8. The molecule has 4 aromatic rings. The van der Waals surface area contributed by atoms with Crippen LogP contribution in [0.5, 0.6) is 0 Å². The number of fused-ring (bicyclic) bond motifs is 3. The fraction of sp³-hybridized carbons (Fsp3) is 0.118. The van der Waals surface area contributed by atoms with Crippen LogP contribution in [0.15, 0.2) is 54.9 Å². The molecule has 2 aromatic carbocycles. The van der Waals surface area contributed by atoms with E-state index in [0.29, 0.717) is 17.2 Å². The van der Waals surface area contributed by atoms with Crippen LogP contribution in [0.2, 0.25) is 0 Å². The Kier molecular flexibility index (Phi) is 3.82. The second-order valence-electron chi connectivity index (χ2n) is 5.99. The molecule has 0 aliphatic rings. The highest BCUT2D eigenvalue weighted by atomic mass is 32.2. The molecule has 0 saturated heterocycles. The quantitative estimate of drug-likeness (QED) is 0.589. The van der Waals surface area contributed by atoms with Gasteiger partial charge in [-0.3, -0.25) is 4.40 Å². The van der Waals surface area contributed by atoms with Crippen molar-refractivity contribution in [2.24, 2.45) is 5.14 Å². The lowest BCUT2D eigenvalue weighted by molar-refractivity contribution is 0.597. The van der Waals surface area contributed by atoms with Crippen LogP contribution in [-0.2, 0) is 15.8 Å². The number of para-hydroxylation sites is 1. The second-order valence-corrected chi connectivity index (χ2v) is 7.60. The summed E-state index contributed by atoms with van der Waals surface area (Å²) in [7, 11) is -1.70. The first-order chi connectivity index (χ1) is 12.4. The summed E-state index contributed by atoms with van der Waals surface area (Å²) in [6.45, 7) is 0. The standard InChI is InChI=1S/C17H16N6O2S/c1-22(13-5-3-2-4-6-13)16-14-8-7-12(10-26(18,24)25)9-15(14)23-11-19-21-17(23)20-16/h2-9,11H,10H2,1H3,(H2,18,24,25). The predicted octanol–water partition coefficient (Wildman–Crippen LogP) is 1.83. The fourth-order valence-corrected chi connectivity index (χ4v) is 3.59. The Bertz CT molecular complexity index is 1200. The molecule has 0 unspecified atom stereocenters. The van der Waals surface area contributed by atoms with Crippen molar-refractivity contribution in [2.45, 2.75) is 5.75 Å². The Morgan fingerprint density at radius 2 is 1.92 bits per heavy atom. The third-order valence-corrected chi connectivity index (χ3v) is 4.86. The van der Waals surface area contributed by atoms with Gasteiger partial charge < -0.3 is 4.90 Å². The second kappa shape index (κ2) is 6.04. The molecule has 0 bridgehead atoms. The van der Waals surface area contributed by atoms with Crippen LogP contribution in [0, 0.1) is 0 Å². The largest absolute Gasteiger partial charge is 0.329 e. The molecule has 0 radical (unpaired) electrons.